The number of alkyl halides is 3. The molecule has 1 aromatic carbocycles. The van der Waals surface area contributed by atoms with Gasteiger partial charge in [0.05, 0.1) is 6.42 Å². The molecule has 1 aliphatic heterocycles. The standard InChI is InChI=1S/C15H19Cl3N2O2/c16-15(17,18)14(19-10-12-7-4-8-22-12)20-13(21)9-11-5-2-1-3-6-11/h1-3,5-6,12,14,19H,4,7-10H2,(H,20,21)/p+1/t12-,14+/m0/s1. The Kier molecular flexibility index (Phi) is 6.78. The smallest absolute Gasteiger partial charge is 0.262 e. The zero-order chi connectivity index (χ0) is 16.0. The molecule has 3 N–H and O–H groups in total. The topological polar surface area (TPSA) is 54.9 Å². The third-order valence-electron chi connectivity index (χ3n) is 3.54. The van der Waals surface area contributed by atoms with Crippen LogP contribution in [0.15, 0.2) is 30.3 Å². The average molecular weight is 367 g/mol. The highest BCUT2D eigenvalue weighted by Crippen LogP contribution is 2.27. The van der Waals surface area contributed by atoms with Gasteiger partial charge in [0.1, 0.15) is 12.6 Å². The number of ether oxygens (including phenoxy) is 1. The molecule has 0 radical (unpaired) electrons. The molecule has 2 rings (SSSR count). The number of benzene rings is 1. The van der Waals surface area contributed by atoms with Crippen LogP contribution in [0.5, 0.6) is 0 Å². The lowest BCUT2D eigenvalue weighted by Crippen LogP contribution is -2.97. The molecule has 0 spiro atoms. The van der Waals surface area contributed by atoms with Gasteiger partial charge in [0.2, 0.25) is 12.1 Å². The van der Waals surface area contributed by atoms with Gasteiger partial charge in [-0.15, -0.1) is 0 Å². The summed E-state index contributed by atoms with van der Waals surface area (Å²) >= 11 is 17.9. The minimum atomic E-state index is -1.58. The summed E-state index contributed by atoms with van der Waals surface area (Å²) in [5.74, 6) is -0.175. The number of quaternary nitrogens is 1. The Morgan fingerprint density at radius 1 is 1.36 bits per heavy atom. The molecule has 22 heavy (non-hydrogen) atoms. The molecular formula is C15H20Cl3N2O2+. The second kappa shape index (κ2) is 8.37. The fourth-order valence-corrected chi connectivity index (χ4v) is 2.83. The molecule has 7 heteroatoms. The number of hydrogen-bond acceptors (Lipinski definition) is 2. The van der Waals surface area contributed by atoms with Gasteiger partial charge < -0.3 is 15.4 Å². The summed E-state index contributed by atoms with van der Waals surface area (Å²) in [5.41, 5.74) is 0.919. The van der Waals surface area contributed by atoms with Crippen LogP contribution < -0.4 is 10.6 Å². The fraction of sp³-hybridized carbons (Fsp3) is 0.533. The first-order valence-corrected chi connectivity index (χ1v) is 8.43. The van der Waals surface area contributed by atoms with E-state index < -0.39 is 9.96 Å². The van der Waals surface area contributed by atoms with Crippen LogP contribution in [0.3, 0.4) is 0 Å². The Bertz CT molecular complexity index is 473. The van der Waals surface area contributed by atoms with Crippen molar-refractivity contribution in [2.24, 2.45) is 0 Å². The van der Waals surface area contributed by atoms with Crippen LogP contribution in [-0.4, -0.2) is 35.1 Å². The van der Waals surface area contributed by atoms with E-state index >= 15 is 0 Å². The van der Waals surface area contributed by atoms with Gasteiger partial charge in [-0.25, -0.2) is 0 Å². The second-order valence-electron chi connectivity index (χ2n) is 5.36. The molecule has 0 unspecified atom stereocenters. The summed E-state index contributed by atoms with van der Waals surface area (Å²) in [6.45, 7) is 1.43. The van der Waals surface area contributed by atoms with E-state index in [0.717, 1.165) is 25.0 Å². The van der Waals surface area contributed by atoms with Crippen molar-refractivity contribution in [3.63, 3.8) is 0 Å². The van der Waals surface area contributed by atoms with Gasteiger partial charge in [0.15, 0.2) is 0 Å². The van der Waals surface area contributed by atoms with Crippen LogP contribution in [0.4, 0.5) is 0 Å². The normalized spacial score (nSPS) is 19.9. The monoisotopic (exact) mass is 365 g/mol. The van der Waals surface area contributed by atoms with Crippen molar-refractivity contribution in [1.29, 1.82) is 0 Å². The van der Waals surface area contributed by atoms with Gasteiger partial charge in [0.25, 0.3) is 3.79 Å². The van der Waals surface area contributed by atoms with Gasteiger partial charge in [0, 0.05) is 6.61 Å². The molecule has 0 saturated carbocycles. The number of hydrogen-bond donors (Lipinski definition) is 2. The van der Waals surface area contributed by atoms with E-state index in [2.05, 4.69) is 5.32 Å². The molecule has 1 amide bonds. The highest BCUT2D eigenvalue weighted by Gasteiger charge is 2.38. The molecular weight excluding hydrogens is 347 g/mol. The first-order valence-electron chi connectivity index (χ1n) is 7.30. The molecule has 122 valence electrons. The van der Waals surface area contributed by atoms with Crippen molar-refractivity contribution in [2.45, 2.75) is 35.3 Å². The van der Waals surface area contributed by atoms with E-state index in [0.29, 0.717) is 6.54 Å². The molecule has 1 heterocycles. The summed E-state index contributed by atoms with van der Waals surface area (Å²) in [6.07, 6.45) is 1.82. The summed E-state index contributed by atoms with van der Waals surface area (Å²) in [4.78, 5) is 12.1. The van der Waals surface area contributed by atoms with Crippen LogP contribution in [0.2, 0.25) is 0 Å². The lowest BCUT2D eigenvalue weighted by molar-refractivity contribution is -0.697. The van der Waals surface area contributed by atoms with Gasteiger partial charge in [-0.3, -0.25) is 4.79 Å². The predicted octanol–water partition coefficient (Wildman–Crippen LogP) is 1.78. The fourth-order valence-electron chi connectivity index (χ4n) is 2.40. The van der Waals surface area contributed by atoms with Crippen molar-refractivity contribution in [2.75, 3.05) is 13.2 Å². The molecule has 1 fully saturated rings. The average Bonchev–Trinajstić information content (AvgIpc) is 2.96. The Balaban J connectivity index is 1.87. The molecule has 4 nitrogen and oxygen atoms in total. The lowest BCUT2D eigenvalue weighted by Gasteiger charge is -2.24. The zero-order valence-electron chi connectivity index (χ0n) is 12.1. The maximum absolute atomic E-state index is 12.1. The quantitative estimate of drug-likeness (QED) is 0.596. The molecule has 0 bridgehead atoms. The summed E-state index contributed by atoms with van der Waals surface area (Å²) in [5, 5.41) is 4.61. The molecule has 1 aliphatic rings. The predicted molar refractivity (Wildman–Crippen MR) is 88.1 cm³/mol. The molecule has 0 aromatic heterocycles. The van der Waals surface area contributed by atoms with E-state index in [1.807, 2.05) is 35.6 Å². The maximum atomic E-state index is 12.1. The minimum absolute atomic E-state index is 0.154. The van der Waals surface area contributed by atoms with Crippen molar-refractivity contribution in [3.8, 4) is 0 Å². The second-order valence-corrected chi connectivity index (χ2v) is 7.72. The van der Waals surface area contributed by atoms with Crippen LogP contribution in [0, 0.1) is 0 Å². The van der Waals surface area contributed by atoms with Crippen molar-refractivity contribution in [1.82, 2.24) is 5.32 Å². The van der Waals surface area contributed by atoms with E-state index in [9.17, 15) is 4.79 Å². The highest BCUT2D eigenvalue weighted by atomic mass is 35.6. The lowest BCUT2D eigenvalue weighted by atomic mass is 10.1. The third-order valence-corrected chi connectivity index (χ3v) is 4.24. The largest absolute Gasteiger partial charge is 0.372 e. The van der Waals surface area contributed by atoms with Crippen LogP contribution in [-0.2, 0) is 16.0 Å². The van der Waals surface area contributed by atoms with E-state index in [1.54, 1.807) is 0 Å². The van der Waals surface area contributed by atoms with Crippen molar-refractivity contribution < 1.29 is 14.8 Å². The first-order chi connectivity index (χ1) is 10.4. The van der Waals surface area contributed by atoms with E-state index in [4.69, 9.17) is 39.5 Å². The van der Waals surface area contributed by atoms with Crippen molar-refractivity contribution in [3.05, 3.63) is 35.9 Å². The van der Waals surface area contributed by atoms with Gasteiger partial charge in [-0.05, 0) is 18.4 Å². The van der Waals surface area contributed by atoms with Crippen molar-refractivity contribution >= 4 is 40.7 Å². The Labute approximate surface area is 145 Å². The SMILES string of the molecule is O=C(Cc1ccccc1)N[C@@H]([NH2+]C[C@@H]1CCCO1)C(Cl)(Cl)Cl. The molecule has 1 aromatic rings. The molecule has 1 saturated heterocycles. The number of halogens is 3. The van der Waals surface area contributed by atoms with E-state index in [-0.39, 0.29) is 18.4 Å². The highest BCUT2D eigenvalue weighted by molar-refractivity contribution is 6.68. The van der Waals surface area contributed by atoms with Gasteiger partial charge in [-0.1, -0.05) is 65.1 Å². The van der Waals surface area contributed by atoms with Gasteiger partial charge >= 0.3 is 0 Å². The Morgan fingerprint density at radius 3 is 2.68 bits per heavy atom. The van der Waals surface area contributed by atoms with Crippen LogP contribution in [0.1, 0.15) is 18.4 Å². The maximum Gasteiger partial charge on any atom is 0.262 e. The molecule has 0 aliphatic carbocycles. The first kappa shape index (κ1) is 17.8. The van der Waals surface area contributed by atoms with Gasteiger partial charge in [-0.2, -0.15) is 0 Å². The molecule has 2 atom stereocenters. The Hall–Kier alpha value is -0.520. The summed E-state index contributed by atoms with van der Waals surface area (Å²) < 4.78 is 3.97. The number of rotatable bonds is 6. The number of nitrogens with one attached hydrogen (secondary N) is 1. The van der Waals surface area contributed by atoms with E-state index in [1.165, 1.54) is 0 Å². The number of nitrogens with two attached hydrogens (primary N) is 1. The minimum Gasteiger partial charge on any atom is -0.372 e. The zero-order valence-corrected chi connectivity index (χ0v) is 14.4. The number of amides is 1. The number of carbonyl (C=O) groups is 1. The summed E-state index contributed by atoms with van der Waals surface area (Å²) in [7, 11) is 0. The number of carbonyl (C=O) groups excluding carboxylic acids is 1. The van der Waals surface area contributed by atoms with Crippen LogP contribution in [0.25, 0.3) is 0 Å². The Morgan fingerprint density at radius 2 is 2.09 bits per heavy atom. The third kappa shape index (κ3) is 5.94. The summed E-state index contributed by atoms with van der Waals surface area (Å²) in [6, 6.07) is 9.46. The van der Waals surface area contributed by atoms with Crippen LogP contribution >= 0.6 is 34.8 Å².